The standard InChI is InChI=1S/C23H26N2O/c24-22-13-7-12-21(16-22)23(14-15-26)25(17-19-8-3-1-4-9-19)18-20-10-5-2-6-11-20/h1-13,16,23,26H,14-15,17-18,24H2. The highest BCUT2D eigenvalue weighted by Gasteiger charge is 2.21. The number of anilines is 1. The monoisotopic (exact) mass is 346 g/mol. The van der Waals surface area contributed by atoms with Gasteiger partial charge in [-0.15, -0.1) is 0 Å². The van der Waals surface area contributed by atoms with Gasteiger partial charge in [-0.25, -0.2) is 0 Å². The van der Waals surface area contributed by atoms with Crippen LogP contribution in [-0.4, -0.2) is 16.6 Å². The van der Waals surface area contributed by atoms with Crippen molar-refractivity contribution >= 4 is 5.69 Å². The minimum Gasteiger partial charge on any atom is -0.399 e. The number of rotatable bonds is 8. The Morgan fingerprint density at radius 2 is 1.35 bits per heavy atom. The summed E-state index contributed by atoms with van der Waals surface area (Å²) in [5, 5.41) is 9.69. The molecular weight excluding hydrogens is 320 g/mol. The third-order valence-electron chi connectivity index (χ3n) is 4.60. The molecule has 3 aromatic carbocycles. The fourth-order valence-electron chi connectivity index (χ4n) is 3.36. The van der Waals surface area contributed by atoms with E-state index in [1.54, 1.807) is 0 Å². The molecule has 3 aromatic rings. The number of benzene rings is 3. The predicted molar refractivity (Wildman–Crippen MR) is 107 cm³/mol. The topological polar surface area (TPSA) is 49.5 Å². The van der Waals surface area contributed by atoms with E-state index >= 15 is 0 Å². The fraction of sp³-hybridized carbons (Fsp3) is 0.217. The first-order valence-electron chi connectivity index (χ1n) is 9.04. The zero-order valence-electron chi connectivity index (χ0n) is 15.0. The molecule has 0 aromatic heterocycles. The van der Waals surface area contributed by atoms with E-state index < -0.39 is 0 Å². The Balaban J connectivity index is 1.92. The maximum absolute atomic E-state index is 9.69. The molecule has 0 amide bonds. The molecule has 0 aliphatic heterocycles. The molecule has 1 unspecified atom stereocenters. The van der Waals surface area contributed by atoms with Crippen LogP contribution < -0.4 is 5.73 Å². The summed E-state index contributed by atoms with van der Waals surface area (Å²) < 4.78 is 0. The highest BCUT2D eigenvalue weighted by atomic mass is 16.3. The van der Waals surface area contributed by atoms with Crippen LogP contribution in [0.1, 0.15) is 29.2 Å². The third kappa shape index (κ3) is 4.94. The molecule has 0 saturated carbocycles. The van der Waals surface area contributed by atoms with Gasteiger partial charge >= 0.3 is 0 Å². The van der Waals surface area contributed by atoms with E-state index in [1.165, 1.54) is 11.1 Å². The molecular formula is C23H26N2O. The first-order valence-corrected chi connectivity index (χ1v) is 9.04. The summed E-state index contributed by atoms with van der Waals surface area (Å²) in [6, 6.07) is 29.0. The largest absolute Gasteiger partial charge is 0.399 e. The molecule has 3 heteroatoms. The van der Waals surface area contributed by atoms with Gasteiger partial charge in [-0.1, -0.05) is 72.8 Å². The normalized spacial score (nSPS) is 12.2. The molecule has 134 valence electrons. The molecule has 3 N–H and O–H groups in total. The van der Waals surface area contributed by atoms with Gasteiger partial charge < -0.3 is 10.8 Å². The predicted octanol–water partition coefficient (Wildman–Crippen LogP) is 4.39. The summed E-state index contributed by atoms with van der Waals surface area (Å²) in [6.07, 6.45) is 0.670. The minimum absolute atomic E-state index is 0.101. The van der Waals surface area contributed by atoms with Gasteiger partial charge in [0.1, 0.15) is 0 Å². The van der Waals surface area contributed by atoms with Gasteiger partial charge in [0, 0.05) is 31.4 Å². The molecule has 26 heavy (non-hydrogen) atoms. The Morgan fingerprint density at radius 1 is 0.769 bits per heavy atom. The van der Waals surface area contributed by atoms with E-state index in [4.69, 9.17) is 5.73 Å². The zero-order valence-corrected chi connectivity index (χ0v) is 15.0. The maximum atomic E-state index is 9.69. The van der Waals surface area contributed by atoms with E-state index in [-0.39, 0.29) is 12.6 Å². The molecule has 0 bridgehead atoms. The molecule has 0 spiro atoms. The lowest BCUT2D eigenvalue weighted by Gasteiger charge is -2.32. The van der Waals surface area contributed by atoms with Gasteiger partial charge in [-0.3, -0.25) is 4.90 Å². The van der Waals surface area contributed by atoms with Crippen LogP contribution in [0.2, 0.25) is 0 Å². The van der Waals surface area contributed by atoms with Gasteiger partial charge in [0.25, 0.3) is 0 Å². The van der Waals surface area contributed by atoms with Crippen molar-refractivity contribution in [1.29, 1.82) is 0 Å². The fourth-order valence-corrected chi connectivity index (χ4v) is 3.36. The maximum Gasteiger partial charge on any atom is 0.0449 e. The van der Waals surface area contributed by atoms with Crippen molar-refractivity contribution in [2.24, 2.45) is 0 Å². The van der Waals surface area contributed by atoms with Gasteiger partial charge in [-0.05, 0) is 35.2 Å². The number of hydrogen-bond donors (Lipinski definition) is 2. The highest BCUT2D eigenvalue weighted by molar-refractivity contribution is 5.41. The Kier molecular flexibility index (Phi) is 6.42. The second-order valence-corrected chi connectivity index (χ2v) is 6.57. The summed E-state index contributed by atoms with van der Waals surface area (Å²) in [4.78, 5) is 2.41. The molecule has 1 atom stereocenters. The quantitative estimate of drug-likeness (QED) is 0.595. The van der Waals surface area contributed by atoms with E-state index in [0.717, 1.165) is 24.3 Å². The molecule has 0 radical (unpaired) electrons. The molecule has 0 fully saturated rings. The zero-order chi connectivity index (χ0) is 18.2. The molecule has 3 rings (SSSR count). The number of aliphatic hydroxyl groups is 1. The van der Waals surface area contributed by atoms with Crippen LogP contribution in [0.4, 0.5) is 5.69 Å². The average Bonchev–Trinajstić information content (AvgIpc) is 2.67. The van der Waals surface area contributed by atoms with E-state index in [2.05, 4.69) is 59.5 Å². The SMILES string of the molecule is Nc1cccc(C(CCO)N(Cc2ccccc2)Cc2ccccc2)c1. The Labute approximate surface area is 155 Å². The Bertz CT molecular complexity index is 748. The van der Waals surface area contributed by atoms with Crippen molar-refractivity contribution in [1.82, 2.24) is 4.90 Å². The van der Waals surface area contributed by atoms with E-state index in [1.807, 2.05) is 30.3 Å². The van der Waals surface area contributed by atoms with Gasteiger partial charge in [0.05, 0.1) is 0 Å². The number of aliphatic hydroxyl groups excluding tert-OH is 1. The second kappa shape index (κ2) is 9.18. The number of nitrogen functional groups attached to an aromatic ring is 1. The first-order chi connectivity index (χ1) is 12.8. The molecule has 0 aliphatic rings. The molecule has 0 aliphatic carbocycles. The molecule has 3 nitrogen and oxygen atoms in total. The van der Waals surface area contributed by atoms with Crippen LogP contribution in [0, 0.1) is 0 Å². The van der Waals surface area contributed by atoms with Crippen LogP contribution in [0.15, 0.2) is 84.9 Å². The third-order valence-corrected chi connectivity index (χ3v) is 4.60. The van der Waals surface area contributed by atoms with Crippen LogP contribution >= 0.6 is 0 Å². The van der Waals surface area contributed by atoms with Gasteiger partial charge in [-0.2, -0.15) is 0 Å². The van der Waals surface area contributed by atoms with Crippen molar-refractivity contribution < 1.29 is 5.11 Å². The van der Waals surface area contributed by atoms with Crippen molar-refractivity contribution in [3.8, 4) is 0 Å². The summed E-state index contributed by atoms with van der Waals surface area (Å²) in [5.74, 6) is 0. The summed E-state index contributed by atoms with van der Waals surface area (Å²) in [7, 11) is 0. The van der Waals surface area contributed by atoms with Gasteiger partial charge in [0.2, 0.25) is 0 Å². The van der Waals surface area contributed by atoms with Crippen molar-refractivity contribution in [3.05, 3.63) is 102 Å². The second-order valence-electron chi connectivity index (χ2n) is 6.57. The van der Waals surface area contributed by atoms with Crippen LogP contribution in [0.5, 0.6) is 0 Å². The Hall–Kier alpha value is -2.62. The summed E-state index contributed by atoms with van der Waals surface area (Å²) in [6.45, 7) is 1.77. The summed E-state index contributed by atoms with van der Waals surface area (Å²) >= 11 is 0. The average molecular weight is 346 g/mol. The van der Waals surface area contributed by atoms with Crippen molar-refractivity contribution in [2.45, 2.75) is 25.6 Å². The Morgan fingerprint density at radius 3 is 1.85 bits per heavy atom. The van der Waals surface area contributed by atoms with Crippen LogP contribution in [-0.2, 0) is 13.1 Å². The minimum atomic E-state index is 0.101. The van der Waals surface area contributed by atoms with Crippen LogP contribution in [0.3, 0.4) is 0 Å². The number of nitrogens with two attached hydrogens (primary N) is 1. The highest BCUT2D eigenvalue weighted by Crippen LogP contribution is 2.29. The lowest BCUT2D eigenvalue weighted by Crippen LogP contribution is -2.29. The van der Waals surface area contributed by atoms with Crippen LogP contribution in [0.25, 0.3) is 0 Å². The summed E-state index contributed by atoms with van der Waals surface area (Å²) in [5.41, 5.74) is 10.4. The van der Waals surface area contributed by atoms with E-state index in [9.17, 15) is 5.11 Å². The first kappa shape index (κ1) is 18.2. The lowest BCUT2D eigenvalue weighted by molar-refractivity contribution is 0.142. The molecule has 0 heterocycles. The number of hydrogen-bond acceptors (Lipinski definition) is 3. The van der Waals surface area contributed by atoms with Crippen molar-refractivity contribution in [3.63, 3.8) is 0 Å². The smallest absolute Gasteiger partial charge is 0.0449 e. The lowest BCUT2D eigenvalue weighted by atomic mass is 9.99. The van der Waals surface area contributed by atoms with Gasteiger partial charge in [0.15, 0.2) is 0 Å². The van der Waals surface area contributed by atoms with Crippen molar-refractivity contribution in [2.75, 3.05) is 12.3 Å². The molecule has 0 saturated heterocycles. The number of nitrogens with zero attached hydrogens (tertiary/aromatic N) is 1. The van der Waals surface area contributed by atoms with E-state index in [0.29, 0.717) is 6.42 Å².